The summed E-state index contributed by atoms with van der Waals surface area (Å²) in [5.41, 5.74) is 1.85. The molecule has 2 aliphatic rings. The predicted octanol–water partition coefficient (Wildman–Crippen LogP) is 2.99. The highest BCUT2D eigenvalue weighted by Crippen LogP contribution is 2.33. The molecule has 1 aliphatic heterocycles. The monoisotopic (exact) mass is 313 g/mol. The topological polar surface area (TPSA) is 83.8 Å². The van der Waals surface area contributed by atoms with Crippen LogP contribution in [0, 0.1) is 10.1 Å². The second kappa shape index (κ2) is 5.68. The molecule has 0 radical (unpaired) electrons. The third kappa shape index (κ3) is 2.61. The SMILES string of the molecule is CCN1C(=O)N(c2cccc([N+](=O)[O-])c2)C=C2CC(=O)CC=C21. The van der Waals surface area contributed by atoms with Gasteiger partial charge in [0.15, 0.2) is 0 Å². The highest BCUT2D eigenvalue weighted by molar-refractivity contribution is 5.99. The number of ketones is 1. The summed E-state index contributed by atoms with van der Waals surface area (Å²) in [5, 5.41) is 10.9. The Morgan fingerprint density at radius 2 is 2.09 bits per heavy atom. The molecule has 0 bridgehead atoms. The number of hydrogen-bond acceptors (Lipinski definition) is 4. The molecule has 7 nitrogen and oxygen atoms in total. The molecule has 118 valence electrons. The Kier molecular flexibility index (Phi) is 3.69. The van der Waals surface area contributed by atoms with E-state index in [1.165, 1.54) is 23.1 Å². The summed E-state index contributed by atoms with van der Waals surface area (Å²) in [6.45, 7) is 2.31. The number of hydrogen-bond donors (Lipinski definition) is 0. The van der Waals surface area contributed by atoms with Crippen molar-refractivity contribution in [1.82, 2.24) is 4.90 Å². The lowest BCUT2D eigenvalue weighted by Gasteiger charge is -2.37. The van der Waals surface area contributed by atoms with Gasteiger partial charge in [-0.2, -0.15) is 0 Å². The molecule has 7 heteroatoms. The van der Waals surface area contributed by atoms with Crippen molar-refractivity contribution in [3.63, 3.8) is 0 Å². The fourth-order valence-corrected chi connectivity index (χ4v) is 2.80. The van der Waals surface area contributed by atoms with Crippen molar-refractivity contribution < 1.29 is 14.5 Å². The van der Waals surface area contributed by atoms with Crippen molar-refractivity contribution in [2.75, 3.05) is 11.4 Å². The molecule has 0 atom stereocenters. The second-order valence-electron chi connectivity index (χ2n) is 5.34. The number of urea groups is 1. The van der Waals surface area contributed by atoms with E-state index in [4.69, 9.17) is 0 Å². The van der Waals surface area contributed by atoms with E-state index in [0.29, 0.717) is 18.7 Å². The van der Waals surface area contributed by atoms with Crippen LogP contribution in [0.15, 0.2) is 47.8 Å². The first-order chi connectivity index (χ1) is 11.0. The average Bonchev–Trinajstić information content (AvgIpc) is 2.54. The van der Waals surface area contributed by atoms with Crippen LogP contribution in [-0.2, 0) is 4.79 Å². The van der Waals surface area contributed by atoms with Gasteiger partial charge in [-0.25, -0.2) is 4.79 Å². The van der Waals surface area contributed by atoms with Gasteiger partial charge in [-0.1, -0.05) is 12.1 Å². The molecule has 0 saturated heterocycles. The standard InChI is InChI=1S/C16H15N3O4/c1-2-17-15-7-6-14(20)8-11(15)10-18(16(17)21)12-4-3-5-13(9-12)19(22)23/h3-5,7,9-10H,2,6,8H2,1H3. The minimum atomic E-state index is -0.502. The Morgan fingerprint density at radius 3 is 2.78 bits per heavy atom. The van der Waals surface area contributed by atoms with E-state index < -0.39 is 4.92 Å². The molecule has 2 amide bonds. The summed E-state index contributed by atoms with van der Waals surface area (Å²) >= 11 is 0. The third-order valence-corrected chi connectivity index (χ3v) is 3.89. The van der Waals surface area contributed by atoms with Crippen molar-refractivity contribution >= 4 is 23.2 Å². The van der Waals surface area contributed by atoms with E-state index in [1.54, 1.807) is 23.2 Å². The molecule has 1 aromatic carbocycles. The predicted molar refractivity (Wildman–Crippen MR) is 83.8 cm³/mol. The summed E-state index contributed by atoms with van der Waals surface area (Å²) < 4.78 is 0. The first kappa shape index (κ1) is 15.0. The largest absolute Gasteiger partial charge is 0.333 e. The van der Waals surface area contributed by atoms with Crippen LogP contribution in [0.25, 0.3) is 0 Å². The van der Waals surface area contributed by atoms with Gasteiger partial charge >= 0.3 is 6.03 Å². The smallest absolute Gasteiger partial charge is 0.299 e. The Labute approximate surface area is 132 Å². The van der Waals surface area contributed by atoms with E-state index >= 15 is 0 Å². The molecule has 23 heavy (non-hydrogen) atoms. The van der Waals surface area contributed by atoms with Crippen LogP contribution in [-0.4, -0.2) is 28.2 Å². The molecule has 1 aromatic rings. The number of nitro benzene ring substituents is 1. The molecular weight excluding hydrogens is 298 g/mol. The maximum Gasteiger partial charge on any atom is 0.333 e. The quantitative estimate of drug-likeness (QED) is 0.634. The maximum absolute atomic E-state index is 12.7. The number of likely N-dealkylation sites (N-methyl/N-ethyl adjacent to an activating group) is 1. The van der Waals surface area contributed by atoms with E-state index in [9.17, 15) is 19.7 Å². The van der Waals surface area contributed by atoms with Gasteiger partial charge in [-0.05, 0) is 18.6 Å². The van der Waals surface area contributed by atoms with Crippen LogP contribution in [0.4, 0.5) is 16.2 Å². The summed E-state index contributed by atoms with van der Waals surface area (Å²) in [6.07, 6.45) is 3.97. The van der Waals surface area contributed by atoms with Gasteiger partial charge in [0, 0.05) is 43.4 Å². The van der Waals surface area contributed by atoms with Gasteiger partial charge in [0.25, 0.3) is 5.69 Å². The summed E-state index contributed by atoms with van der Waals surface area (Å²) in [7, 11) is 0. The van der Waals surface area contributed by atoms with Gasteiger partial charge < -0.3 is 0 Å². The zero-order chi connectivity index (χ0) is 16.6. The van der Waals surface area contributed by atoms with Crippen molar-refractivity contribution in [2.45, 2.75) is 19.8 Å². The molecule has 0 N–H and O–H groups in total. The van der Waals surface area contributed by atoms with Crippen LogP contribution in [0.2, 0.25) is 0 Å². The van der Waals surface area contributed by atoms with Gasteiger partial charge in [-0.3, -0.25) is 24.7 Å². The molecule has 0 fully saturated rings. The van der Waals surface area contributed by atoms with Gasteiger partial charge in [0.2, 0.25) is 0 Å². The maximum atomic E-state index is 12.7. The van der Waals surface area contributed by atoms with Crippen LogP contribution < -0.4 is 4.90 Å². The Bertz CT molecular complexity index is 766. The van der Waals surface area contributed by atoms with E-state index in [1.807, 2.05) is 6.92 Å². The summed E-state index contributed by atoms with van der Waals surface area (Å²) in [6, 6.07) is 5.61. The molecule has 0 aromatic heterocycles. The highest BCUT2D eigenvalue weighted by Gasteiger charge is 2.33. The lowest BCUT2D eigenvalue weighted by Crippen LogP contribution is -2.45. The number of non-ortho nitro benzene ring substituents is 1. The number of carbonyl (C=O) groups is 2. The Balaban J connectivity index is 2.07. The first-order valence-corrected chi connectivity index (χ1v) is 7.29. The fraction of sp³-hybridized carbons (Fsp3) is 0.250. The minimum Gasteiger partial charge on any atom is -0.299 e. The fourth-order valence-electron chi connectivity index (χ4n) is 2.80. The zero-order valence-corrected chi connectivity index (χ0v) is 12.6. The number of benzene rings is 1. The number of amides is 2. The summed E-state index contributed by atoms with van der Waals surface area (Å²) in [4.78, 5) is 37.7. The van der Waals surface area contributed by atoms with Crippen LogP contribution in [0.5, 0.6) is 0 Å². The highest BCUT2D eigenvalue weighted by atomic mass is 16.6. The number of rotatable bonds is 3. The zero-order valence-electron chi connectivity index (χ0n) is 12.6. The second-order valence-corrected chi connectivity index (χ2v) is 5.34. The van der Waals surface area contributed by atoms with Crippen molar-refractivity contribution in [3.8, 4) is 0 Å². The summed E-state index contributed by atoms with van der Waals surface area (Å²) in [5.74, 6) is 0.0874. The molecular formula is C16H15N3O4. The van der Waals surface area contributed by atoms with Crippen LogP contribution in [0.3, 0.4) is 0 Å². The Morgan fingerprint density at radius 1 is 1.30 bits per heavy atom. The number of Topliss-reactive ketones (excluding diaryl/α,β-unsaturated/α-hetero) is 1. The van der Waals surface area contributed by atoms with Crippen molar-refractivity contribution in [2.24, 2.45) is 0 Å². The number of nitro groups is 1. The minimum absolute atomic E-state index is 0.0854. The normalized spacial score (nSPS) is 17.6. The molecule has 1 heterocycles. The van der Waals surface area contributed by atoms with Gasteiger partial charge in [-0.15, -0.1) is 0 Å². The molecule has 1 aliphatic carbocycles. The number of carbonyl (C=O) groups excluding carboxylic acids is 2. The molecule has 0 unspecified atom stereocenters. The van der Waals surface area contributed by atoms with E-state index in [-0.39, 0.29) is 23.9 Å². The van der Waals surface area contributed by atoms with E-state index in [0.717, 1.165) is 11.3 Å². The average molecular weight is 313 g/mol. The molecule has 0 saturated carbocycles. The lowest BCUT2D eigenvalue weighted by atomic mass is 9.95. The van der Waals surface area contributed by atoms with Crippen LogP contribution in [0.1, 0.15) is 19.8 Å². The first-order valence-electron chi connectivity index (χ1n) is 7.29. The van der Waals surface area contributed by atoms with Crippen LogP contribution >= 0.6 is 0 Å². The van der Waals surface area contributed by atoms with Gasteiger partial charge in [0.1, 0.15) is 5.78 Å². The number of anilines is 1. The Hall–Kier alpha value is -2.96. The number of allylic oxidation sites excluding steroid dienone is 2. The van der Waals surface area contributed by atoms with Crippen molar-refractivity contribution in [1.29, 1.82) is 0 Å². The van der Waals surface area contributed by atoms with Gasteiger partial charge in [0.05, 0.1) is 10.6 Å². The molecule has 3 rings (SSSR count). The van der Waals surface area contributed by atoms with E-state index in [2.05, 4.69) is 0 Å². The number of fused-ring (bicyclic) bond motifs is 1. The third-order valence-electron chi connectivity index (χ3n) is 3.89. The number of nitrogens with zero attached hydrogens (tertiary/aromatic N) is 3. The van der Waals surface area contributed by atoms with Crippen molar-refractivity contribution in [3.05, 3.63) is 57.9 Å². The lowest BCUT2D eigenvalue weighted by molar-refractivity contribution is -0.384. The molecule has 0 spiro atoms.